The molecule has 1 amide bonds. The molecule has 2 N–H and O–H groups in total. The first-order chi connectivity index (χ1) is 9.93. The van der Waals surface area contributed by atoms with E-state index in [4.69, 9.17) is 14.9 Å². The Kier molecular flexibility index (Phi) is 4.46. The van der Waals surface area contributed by atoms with Crippen LogP contribution in [-0.2, 0) is 9.59 Å². The number of carbonyl (C=O) groups excluding carboxylic acids is 1. The monoisotopic (exact) mass is 313 g/mol. The molecule has 0 aromatic carbocycles. The molecule has 2 rings (SSSR count). The Bertz CT molecular complexity index is 569. The molecule has 1 aromatic heterocycles. The second-order valence-electron chi connectivity index (χ2n) is 4.78. The second kappa shape index (κ2) is 6.13. The highest BCUT2D eigenvalue weighted by molar-refractivity contribution is 7.12. The van der Waals surface area contributed by atoms with Gasteiger partial charge in [-0.3, -0.25) is 14.4 Å². The highest BCUT2D eigenvalue weighted by atomic mass is 32.1. The van der Waals surface area contributed by atoms with E-state index in [-0.39, 0.29) is 25.4 Å². The molecular formula is C13H15NO6S. The minimum atomic E-state index is -1.19. The summed E-state index contributed by atoms with van der Waals surface area (Å²) >= 11 is 1.21. The van der Waals surface area contributed by atoms with Crippen molar-refractivity contribution in [1.82, 2.24) is 4.90 Å². The lowest BCUT2D eigenvalue weighted by Crippen LogP contribution is -2.48. The first kappa shape index (κ1) is 15.3. The number of ether oxygens (including phenoxy) is 1. The van der Waals surface area contributed by atoms with Crippen molar-refractivity contribution in [3.05, 3.63) is 16.3 Å². The standard InChI is InChI=1S/C13H15NO6S/c1-20-7-4-10(21-6-7)11(15)14-3-2-8(12(16)17)9(5-14)13(18)19/h4,6,8-9H,2-3,5H2,1H3,(H,16,17)(H,18,19). The van der Waals surface area contributed by atoms with Crippen molar-refractivity contribution in [2.75, 3.05) is 20.2 Å². The number of piperidine rings is 1. The third kappa shape index (κ3) is 3.15. The van der Waals surface area contributed by atoms with Crippen molar-refractivity contribution in [2.24, 2.45) is 11.8 Å². The maximum Gasteiger partial charge on any atom is 0.309 e. The van der Waals surface area contributed by atoms with Crippen molar-refractivity contribution >= 4 is 29.2 Å². The maximum absolute atomic E-state index is 12.3. The number of aliphatic carboxylic acids is 2. The molecule has 0 radical (unpaired) electrons. The molecule has 0 spiro atoms. The van der Waals surface area contributed by atoms with Gasteiger partial charge in [-0.2, -0.15) is 0 Å². The second-order valence-corrected chi connectivity index (χ2v) is 5.69. The number of hydrogen-bond acceptors (Lipinski definition) is 5. The van der Waals surface area contributed by atoms with Crippen molar-refractivity contribution in [3.63, 3.8) is 0 Å². The quantitative estimate of drug-likeness (QED) is 0.859. The fourth-order valence-electron chi connectivity index (χ4n) is 2.38. The predicted octanol–water partition coefficient (Wildman–Crippen LogP) is 1.00. The molecule has 1 aliphatic rings. The Morgan fingerprint density at radius 2 is 1.95 bits per heavy atom. The largest absolute Gasteiger partial charge is 0.496 e. The molecule has 114 valence electrons. The summed E-state index contributed by atoms with van der Waals surface area (Å²) in [4.78, 5) is 36.4. The Morgan fingerprint density at radius 3 is 2.48 bits per heavy atom. The number of carbonyl (C=O) groups is 3. The van der Waals surface area contributed by atoms with Crippen LogP contribution in [0.15, 0.2) is 11.4 Å². The third-order valence-corrected chi connectivity index (χ3v) is 4.45. The van der Waals surface area contributed by atoms with E-state index in [1.165, 1.54) is 23.3 Å². The van der Waals surface area contributed by atoms with Gasteiger partial charge < -0.3 is 19.8 Å². The molecule has 7 nitrogen and oxygen atoms in total. The lowest BCUT2D eigenvalue weighted by Gasteiger charge is -2.34. The van der Waals surface area contributed by atoms with Gasteiger partial charge in [0.2, 0.25) is 0 Å². The van der Waals surface area contributed by atoms with Gasteiger partial charge in [-0.25, -0.2) is 0 Å². The van der Waals surface area contributed by atoms with Crippen LogP contribution in [0.2, 0.25) is 0 Å². The molecule has 8 heteroatoms. The van der Waals surface area contributed by atoms with Crippen LogP contribution in [0.25, 0.3) is 0 Å². The third-order valence-electron chi connectivity index (χ3n) is 3.56. The normalized spacial score (nSPS) is 21.9. The van der Waals surface area contributed by atoms with Gasteiger partial charge in [0.25, 0.3) is 5.91 Å². The van der Waals surface area contributed by atoms with Crippen LogP contribution < -0.4 is 4.74 Å². The number of hydrogen-bond donors (Lipinski definition) is 2. The van der Waals surface area contributed by atoms with E-state index in [1.807, 2.05) is 0 Å². The number of nitrogens with zero attached hydrogens (tertiary/aromatic N) is 1. The molecule has 2 heterocycles. The zero-order chi connectivity index (χ0) is 15.6. The molecule has 1 fully saturated rings. The zero-order valence-corrected chi connectivity index (χ0v) is 12.1. The first-order valence-electron chi connectivity index (χ1n) is 6.31. The van der Waals surface area contributed by atoms with Crippen LogP contribution in [0.3, 0.4) is 0 Å². The molecule has 0 aliphatic carbocycles. The van der Waals surface area contributed by atoms with Gasteiger partial charge in [0.1, 0.15) is 5.75 Å². The van der Waals surface area contributed by atoms with E-state index in [0.717, 1.165) is 0 Å². The lowest BCUT2D eigenvalue weighted by molar-refractivity contribution is -0.156. The fourth-order valence-corrected chi connectivity index (χ4v) is 3.20. The highest BCUT2D eigenvalue weighted by Crippen LogP contribution is 2.28. The summed E-state index contributed by atoms with van der Waals surface area (Å²) in [6.07, 6.45) is 0.139. The van der Waals surface area contributed by atoms with Crippen LogP contribution in [0, 0.1) is 11.8 Å². The number of carboxylic acids is 2. The summed E-state index contributed by atoms with van der Waals surface area (Å²) in [6.45, 7) is 0.144. The van der Waals surface area contributed by atoms with Crippen molar-refractivity contribution in [3.8, 4) is 5.75 Å². The Hall–Kier alpha value is -2.09. The SMILES string of the molecule is COc1csc(C(=O)N2CCC(C(=O)O)C(C(=O)O)C2)c1. The van der Waals surface area contributed by atoms with Gasteiger partial charge in [-0.05, 0) is 6.42 Å². The number of methoxy groups -OCH3 is 1. The van der Waals surface area contributed by atoms with Crippen LogP contribution in [-0.4, -0.2) is 53.2 Å². The predicted molar refractivity (Wildman–Crippen MR) is 73.6 cm³/mol. The highest BCUT2D eigenvalue weighted by Gasteiger charge is 2.40. The molecule has 2 unspecified atom stereocenters. The summed E-state index contributed by atoms with van der Waals surface area (Å²) in [5.74, 6) is -4.08. The molecule has 21 heavy (non-hydrogen) atoms. The number of thiophene rings is 1. The van der Waals surface area contributed by atoms with E-state index in [9.17, 15) is 14.4 Å². The van der Waals surface area contributed by atoms with E-state index in [2.05, 4.69) is 0 Å². The van der Waals surface area contributed by atoms with Gasteiger partial charge in [-0.1, -0.05) is 0 Å². The average molecular weight is 313 g/mol. The maximum atomic E-state index is 12.3. The first-order valence-corrected chi connectivity index (χ1v) is 7.19. The summed E-state index contributed by atoms with van der Waals surface area (Å²) < 4.78 is 5.01. The summed E-state index contributed by atoms with van der Waals surface area (Å²) in [5, 5.41) is 19.9. The minimum Gasteiger partial charge on any atom is -0.496 e. The van der Waals surface area contributed by atoms with E-state index < -0.39 is 23.8 Å². The van der Waals surface area contributed by atoms with E-state index >= 15 is 0 Å². The van der Waals surface area contributed by atoms with E-state index in [0.29, 0.717) is 10.6 Å². The molecule has 0 saturated carbocycles. The van der Waals surface area contributed by atoms with Crippen molar-refractivity contribution in [1.29, 1.82) is 0 Å². The molecule has 1 aromatic rings. The van der Waals surface area contributed by atoms with Crippen LogP contribution in [0.4, 0.5) is 0 Å². The fraction of sp³-hybridized carbons (Fsp3) is 0.462. The topological polar surface area (TPSA) is 104 Å². The smallest absolute Gasteiger partial charge is 0.309 e. The Morgan fingerprint density at radius 1 is 1.29 bits per heavy atom. The van der Waals surface area contributed by atoms with Crippen molar-refractivity contribution < 1.29 is 29.3 Å². The van der Waals surface area contributed by atoms with Gasteiger partial charge in [0.05, 0.1) is 23.8 Å². The summed E-state index contributed by atoms with van der Waals surface area (Å²) in [5.41, 5.74) is 0. The summed E-state index contributed by atoms with van der Waals surface area (Å²) in [6, 6.07) is 1.59. The lowest BCUT2D eigenvalue weighted by atomic mass is 9.85. The molecular weight excluding hydrogens is 298 g/mol. The van der Waals surface area contributed by atoms with Crippen LogP contribution >= 0.6 is 11.3 Å². The Balaban J connectivity index is 2.13. The minimum absolute atomic E-state index is 0.0919. The number of likely N-dealkylation sites (tertiary alicyclic amines) is 1. The van der Waals surface area contributed by atoms with Crippen LogP contribution in [0.5, 0.6) is 5.75 Å². The molecule has 0 bridgehead atoms. The number of carboxylic acid groups (broad SMARTS) is 2. The number of rotatable bonds is 4. The number of amides is 1. The Labute approximate surface area is 124 Å². The molecule has 2 atom stereocenters. The van der Waals surface area contributed by atoms with Gasteiger partial charge >= 0.3 is 11.9 Å². The molecule has 1 saturated heterocycles. The van der Waals surface area contributed by atoms with Crippen molar-refractivity contribution in [2.45, 2.75) is 6.42 Å². The van der Waals surface area contributed by atoms with E-state index in [1.54, 1.807) is 11.4 Å². The van der Waals surface area contributed by atoms with Gasteiger partial charge in [0, 0.05) is 24.5 Å². The van der Waals surface area contributed by atoms with Gasteiger partial charge in [-0.15, -0.1) is 11.3 Å². The average Bonchev–Trinajstić information content (AvgIpc) is 2.94. The van der Waals surface area contributed by atoms with Gasteiger partial charge in [0.15, 0.2) is 0 Å². The zero-order valence-electron chi connectivity index (χ0n) is 11.3. The van der Waals surface area contributed by atoms with Crippen LogP contribution in [0.1, 0.15) is 16.1 Å². The summed E-state index contributed by atoms with van der Waals surface area (Å²) in [7, 11) is 1.50. The molecule has 1 aliphatic heterocycles.